The van der Waals surface area contributed by atoms with Crippen LogP contribution in [0.5, 0.6) is 0 Å². The molecule has 15 aromatic rings. The zero-order valence-electron chi connectivity index (χ0n) is 66.5. The van der Waals surface area contributed by atoms with E-state index in [0.29, 0.717) is 5.56 Å². The topological polar surface area (TPSA) is 19.4 Å². The van der Waals surface area contributed by atoms with Gasteiger partial charge in [-0.05, 0) is 183 Å². The van der Waals surface area contributed by atoms with Crippen LogP contribution in [0, 0.1) is 69.2 Å². The first kappa shape index (κ1) is 70.0. The Balaban J connectivity index is 0.000000134. The highest BCUT2D eigenvalue weighted by Crippen LogP contribution is 2.33. The van der Waals surface area contributed by atoms with E-state index in [1.165, 1.54) is 140 Å². The maximum absolute atomic E-state index is 7.54. The molecule has 5 aromatic heterocycles. The number of pyridine rings is 5. The molecule has 105 heavy (non-hydrogen) atoms. The molecule has 0 bridgehead atoms. The molecule has 5 heterocycles. The Morgan fingerprint density at radius 2 is 0.524 bits per heavy atom. The van der Waals surface area contributed by atoms with Crippen LogP contribution >= 0.6 is 0 Å². The Kier molecular flexibility index (Phi) is 23.2. The fraction of sp³-hybridized carbons (Fsp3) is 0.150. The fourth-order valence-electron chi connectivity index (χ4n) is 13.8. The molecule has 0 fully saturated rings. The lowest BCUT2D eigenvalue weighted by molar-refractivity contribution is -0.660. The van der Waals surface area contributed by atoms with Crippen LogP contribution in [0.25, 0.3) is 112 Å². The molecule has 0 aliphatic rings. The highest BCUT2D eigenvalue weighted by Gasteiger charge is 2.21. The molecule has 5 nitrogen and oxygen atoms in total. The van der Waals surface area contributed by atoms with Gasteiger partial charge in [-0.3, -0.25) is 0 Å². The predicted molar refractivity (Wildman–Crippen MR) is 440 cm³/mol. The van der Waals surface area contributed by atoms with Crippen molar-refractivity contribution in [2.45, 2.75) is 69.2 Å². The van der Waals surface area contributed by atoms with Gasteiger partial charge in [0.2, 0.25) is 28.5 Å². The summed E-state index contributed by atoms with van der Waals surface area (Å²) in [6.45, 7) is 17.2. The minimum absolute atomic E-state index is 0.382. The Morgan fingerprint density at radius 3 is 0.952 bits per heavy atom. The summed E-state index contributed by atoms with van der Waals surface area (Å²) in [5, 5.41) is 0. The molecule has 10 aromatic carbocycles. The molecule has 0 amide bonds. The van der Waals surface area contributed by atoms with Crippen LogP contribution in [0.3, 0.4) is 0 Å². The normalized spacial score (nSPS) is 11.2. The van der Waals surface area contributed by atoms with Gasteiger partial charge in [-0.2, -0.15) is 0 Å². The van der Waals surface area contributed by atoms with Gasteiger partial charge >= 0.3 is 0 Å². The van der Waals surface area contributed by atoms with Crippen LogP contribution in [-0.4, -0.2) is 0 Å². The van der Waals surface area contributed by atoms with Crippen LogP contribution in [0.15, 0.2) is 334 Å². The van der Waals surface area contributed by atoms with E-state index in [1.54, 1.807) is 12.1 Å². The summed E-state index contributed by atoms with van der Waals surface area (Å²) in [6, 6.07) is 106. The molecule has 5 heteroatoms. The van der Waals surface area contributed by atoms with E-state index in [9.17, 15) is 0 Å². The second-order valence-corrected chi connectivity index (χ2v) is 27.6. The molecule has 0 spiro atoms. The SMILES string of the molecule is Cc1c[n+](C)c(-c2ccccc2C)cc1-c1ccccc1.Cc1ccc(-c2cc(-c3ccccc3)cc[n+]2C)c(C)c1.Cc1ccc(-c2cc(C)c(-c3ccccc3)c[n+]2C)c(C)c1.Cc1ccccc1-c1cc(-c2ccccc2)cc[n+]1C.[2H]C([2H])([2H])c1ccc(-c2ccc(-c3ccccc3)c[n+]2C)c(C)c1. The fourth-order valence-corrected chi connectivity index (χ4v) is 13.8. The molecule has 0 N–H and O–H groups in total. The smallest absolute Gasteiger partial charge is 0.201 e. The highest BCUT2D eigenvalue weighted by molar-refractivity contribution is 5.75. The van der Waals surface area contributed by atoms with Crippen LogP contribution in [0.4, 0.5) is 0 Å². The Labute approximate surface area is 629 Å². The minimum atomic E-state index is -2.07. The van der Waals surface area contributed by atoms with Crippen LogP contribution in [-0.2, 0) is 35.2 Å². The van der Waals surface area contributed by atoms with Gasteiger partial charge in [0.15, 0.2) is 31.0 Å². The number of benzene rings is 10. The average Bonchev–Trinajstić information content (AvgIpc) is 0.812. The molecule has 0 aliphatic carbocycles. The molecule has 0 atom stereocenters. The molecule has 0 radical (unpaired) electrons. The van der Waals surface area contributed by atoms with Crippen LogP contribution < -0.4 is 22.8 Å². The molecular formula is C100H100N5+5. The van der Waals surface area contributed by atoms with Crippen molar-refractivity contribution < 1.29 is 26.9 Å². The lowest BCUT2D eigenvalue weighted by atomic mass is 9.97. The van der Waals surface area contributed by atoms with Gasteiger partial charge in [0.1, 0.15) is 35.2 Å². The molecule has 0 saturated heterocycles. The van der Waals surface area contributed by atoms with E-state index in [2.05, 4.69) is 404 Å². The predicted octanol–water partition coefficient (Wildman–Crippen LogP) is 22.3. The number of nitrogens with zero attached hydrogens (tertiary/aromatic N) is 5. The summed E-state index contributed by atoms with van der Waals surface area (Å²) < 4.78 is 33.5. The summed E-state index contributed by atoms with van der Waals surface area (Å²) >= 11 is 0. The van der Waals surface area contributed by atoms with Crippen molar-refractivity contribution in [1.29, 1.82) is 0 Å². The Hall–Kier alpha value is -12.1. The van der Waals surface area contributed by atoms with Crippen molar-refractivity contribution in [2.75, 3.05) is 0 Å². The van der Waals surface area contributed by atoms with Crippen molar-refractivity contribution in [3.05, 3.63) is 390 Å². The monoisotopic (exact) mass is 1370 g/mol. The van der Waals surface area contributed by atoms with Gasteiger partial charge in [-0.25, -0.2) is 22.8 Å². The Morgan fingerprint density at radius 1 is 0.190 bits per heavy atom. The van der Waals surface area contributed by atoms with Crippen LogP contribution in [0.2, 0.25) is 0 Å². The van der Waals surface area contributed by atoms with Crippen molar-refractivity contribution in [2.24, 2.45) is 35.2 Å². The van der Waals surface area contributed by atoms with Gasteiger partial charge in [-0.1, -0.05) is 241 Å². The largest absolute Gasteiger partial charge is 0.213 e. The molecule has 15 rings (SSSR count). The molecule has 0 aliphatic heterocycles. The standard InChI is InChI=1S/C21H22N.3C20H20N.C19H18N/c1-15-10-11-19(16(2)12-15)21-13-17(3)20(14-22(21)4)18-8-6-5-7-9-18;1-15-9-7-8-12-18(15)20-13-19(16(2)14-21(20)3)17-10-5-4-6-11-17;1-15-9-11-19(16(2)13-15)20-12-10-18(14-21(20)3)17-7-5-4-6-8-17;1-15-9-10-19(16(2)13-15)20-14-18(11-12-21(20)3)17-7-5-4-6-8-17;1-15-8-6-7-11-18(15)19-14-17(12-13-20(19)2)16-9-4-3-5-10-16/h5-14H,1-4H3;3*4-14H,1-3H3;3-14H,1-2H3/q5*+1/i;;1D3;;. The molecular weight excluding hydrogens is 1270 g/mol. The lowest BCUT2D eigenvalue weighted by Crippen LogP contribution is -2.31. The van der Waals surface area contributed by atoms with Crippen molar-refractivity contribution >= 4 is 0 Å². The third kappa shape index (κ3) is 18.6. The average molecular weight is 1370 g/mol. The number of rotatable bonds is 10. The molecule has 0 saturated carbocycles. The number of hydrogen-bond donors (Lipinski definition) is 0. The van der Waals surface area contributed by atoms with Gasteiger partial charge < -0.3 is 0 Å². The first-order valence-electron chi connectivity index (χ1n) is 37.6. The van der Waals surface area contributed by atoms with E-state index in [1.807, 2.05) is 38.2 Å². The summed E-state index contributed by atoms with van der Waals surface area (Å²) in [4.78, 5) is 0. The maximum Gasteiger partial charge on any atom is 0.213 e. The minimum Gasteiger partial charge on any atom is -0.201 e. The van der Waals surface area contributed by atoms with Gasteiger partial charge in [0.25, 0.3) is 0 Å². The van der Waals surface area contributed by atoms with Gasteiger partial charge in [0, 0.05) is 91.1 Å². The first-order valence-corrected chi connectivity index (χ1v) is 36.1. The quantitative estimate of drug-likeness (QED) is 0.122. The van der Waals surface area contributed by atoms with Gasteiger partial charge in [-0.15, -0.1) is 0 Å². The zero-order valence-corrected chi connectivity index (χ0v) is 63.5. The van der Waals surface area contributed by atoms with E-state index < -0.39 is 6.85 Å². The maximum atomic E-state index is 7.54. The lowest BCUT2D eigenvalue weighted by Gasteiger charge is -2.10. The second kappa shape index (κ2) is 34.7. The number of hydrogen-bond acceptors (Lipinski definition) is 0. The number of aromatic nitrogens is 5. The van der Waals surface area contributed by atoms with Gasteiger partial charge in [0.05, 0.1) is 0 Å². The summed E-state index contributed by atoms with van der Waals surface area (Å²) in [6.07, 6.45) is 10.8. The summed E-state index contributed by atoms with van der Waals surface area (Å²) in [5.41, 5.74) is 36.5. The van der Waals surface area contributed by atoms with Crippen LogP contribution in [0.1, 0.15) is 59.7 Å². The molecule has 520 valence electrons. The van der Waals surface area contributed by atoms with E-state index in [4.69, 9.17) is 4.11 Å². The van der Waals surface area contributed by atoms with Crippen molar-refractivity contribution in [3.63, 3.8) is 0 Å². The second-order valence-electron chi connectivity index (χ2n) is 27.6. The first-order chi connectivity index (χ1) is 52.0. The number of aryl methyl sites for hydroxylation is 15. The highest BCUT2D eigenvalue weighted by atomic mass is 14.9. The van der Waals surface area contributed by atoms with E-state index in [-0.39, 0.29) is 0 Å². The summed E-state index contributed by atoms with van der Waals surface area (Å²) in [7, 11) is 10.4. The van der Waals surface area contributed by atoms with E-state index in [0.717, 1.165) is 22.4 Å². The third-order valence-corrected chi connectivity index (χ3v) is 19.5. The van der Waals surface area contributed by atoms with Crippen molar-refractivity contribution in [3.8, 4) is 112 Å². The van der Waals surface area contributed by atoms with E-state index >= 15 is 0 Å². The summed E-state index contributed by atoms with van der Waals surface area (Å²) in [5.74, 6) is 0. The van der Waals surface area contributed by atoms with Crippen molar-refractivity contribution in [1.82, 2.24) is 0 Å². The zero-order chi connectivity index (χ0) is 76.6. The molecule has 0 unspecified atom stereocenters. The Bertz CT molecular complexity index is 5580. The third-order valence-electron chi connectivity index (χ3n) is 19.5.